The molecule has 1 heterocycles. The van der Waals surface area contributed by atoms with Crippen molar-refractivity contribution >= 4 is 11.8 Å². The summed E-state index contributed by atoms with van der Waals surface area (Å²) in [5, 5.41) is 12.8. The summed E-state index contributed by atoms with van der Waals surface area (Å²) in [5.74, 6) is -0.105. The molecule has 96 valence electrons. The van der Waals surface area contributed by atoms with Gasteiger partial charge >= 0.3 is 5.97 Å². The van der Waals surface area contributed by atoms with Crippen LogP contribution in [-0.2, 0) is 4.74 Å². The van der Waals surface area contributed by atoms with Gasteiger partial charge in [-0.3, -0.25) is 0 Å². The topological polar surface area (TPSA) is 93.9 Å². The lowest BCUT2D eigenvalue weighted by Gasteiger charge is -2.05. The second-order valence-electron chi connectivity index (χ2n) is 3.73. The number of anilines is 1. The molecule has 2 N–H and O–H groups in total. The molecule has 0 unspecified atom stereocenters. The van der Waals surface area contributed by atoms with Crippen LogP contribution in [0.3, 0.4) is 0 Å². The fourth-order valence-electron chi connectivity index (χ4n) is 1.60. The quantitative estimate of drug-likeness (QED) is 0.840. The first-order chi connectivity index (χ1) is 9.17. The van der Waals surface area contributed by atoms with E-state index in [1.54, 1.807) is 31.2 Å². The maximum absolute atomic E-state index is 11.5. The lowest BCUT2D eigenvalue weighted by molar-refractivity contribution is 0.0526. The highest BCUT2D eigenvalue weighted by atomic mass is 16.5. The standard InChI is InChI=1S/C13H12N4O2/c1-2-19-13(18)9-3-5-11(6-4-9)17-12(15)10(7-14)8-16-17/h3-6,8H,2,15H2,1H3. The average molecular weight is 256 g/mol. The number of nitriles is 1. The van der Waals surface area contributed by atoms with E-state index in [2.05, 4.69) is 5.10 Å². The van der Waals surface area contributed by atoms with Crippen molar-refractivity contribution in [2.45, 2.75) is 6.92 Å². The summed E-state index contributed by atoms with van der Waals surface area (Å²) in [6, 6.07) is 8.58. The Morgan fingerprint density at radius 3 is 2.68 bits per heavy atom. The van der Waals surface area contributed by atoms with E-state index < -0.39 is 0 Å². The number of rotatable bonds is 3. The lowest BCUT2D eigenvalue weighted by atomic mass is 10.2. The molecular formula is C13H12N4O2. The molecule has 0 atom stereocenters. The third kappa shape index (κ3) is 2.40. The van der Waals surface area contributed by atoms with Gasteiger partial charge in [0, 0.05) is 0 Å². The maximum atomic E-state index is 11.5. The molecule has 2 rings (SSSR count). The Kier molecular flexibility index (Phi) is 3.48. The maximum Gasteiger partial charge on any atom is 0.338 e. The molecule has 0 saturated carbocycles. The van der Waals surface area contributed by atoms with Crippen molar-refractivity contribution in [1.29, 1.82) is 5.26 Å². The van der Waals surface area contributed by atoms with Gasteiger partial charge in [0.15, 0.2) is 0 Å². The first-order valence-electron chi connectivity index (χ1n) is 5.68. The number of nitrogen functional groups attached to an aromatic ring is 1. The Balaban J connectivity index is 2.30. The van der Waals surface area contributed by atoms with E-state index in [0.717, 1.165) is 0 Å². The van der Waals surface area contributed by atoms with Crippen molar-refractivity contribution in [2.75, 3.05) is 12.3 Å². The first-order valence-corrected chi connectivity index (χ1v) is 5.68. The van der Waals surface area contributed by atoms with Gasteiger partial charge in [0.1, 0.15) is 17.5 Å². The number of nitrogens with two attached hydrogens (primary N) is 1. The van der Waals surface area contributed by atoms with E-state index in [1.807, 2.05) is 6.07 Å². The highest BCUT2D eigenvalue weighted by Gasteiger charge is 2.10. The van der Waals surface area contributed by atoms with Gasteiger partial charge in [-0.1, -0.05) is 0 Å². The fraction of sp³-hybridized carbons (Fsp3) is 0.154. The summed E-state index contributed by atoms with van der Waals surface area (Å²) < 4.78 is 6.33. The van der Waals surface area contributed by atoms with Crippen LogP contribution in [-0.4, -0.2) is 22.4 Å². The van der Waals surface area contributed by atoms with Gasteiger partial charge in [0.25, 0.3) is 0 Å². The number of hydrogen-bond acceptors (Lipinski definition) is 5. The van der Waals surface area contributed by atoms with Crippen molar-refractivity contribution in [2.24, 2.45) is 0 Å². The van der Waals surface area contributed by atoms with Crippen LogP contribution in [0.1, 0.15) is 22.8 Å². The second kappa shape index (κ2) is 5.23. The monoisotopic (exact) mass is 256 g/mol. The summed E-state index contributed by atoms with van der Waals surface area (Å²) >= 11 is 0. The Labute approximate surface area is 110 Å². The van der Waals surface area contributed by atoms with Gasteiger partial charge in [-0.05, 0) is 31.2 Å². The van der Waals surface area contributed by atoms with Gasteiger partial charge in [-0.15, -0.1) is 0 Å². The third-order valence-electron chi connectivity index (χ3n) is 2.55. The van der Waals surface area contributed by atoms with Gasteiger partial charge in [-0.2, -0.15) is 10.4 Å². The van der Waals surface area contributed by atoms with Crippen LogP contribution in [0.4, 0.5) is 5.82 Å². The minimum Gasteiger partial charge on any atom is -0.462 e. The minimum absolute atomic E-state index is 0.270. The van der Waals surface area contributed by atoms with Crippen LogP contribution < -0.4 is 5.73 Å². The van der Waals surface area contributed by atoms with Gasteiger partial charge < -0.3 is 10.5 Å². The van der Waals surface area contributed by atoms with Gasteiger partial charge in [0.05, 0.1) is 24.1 Å². The normalized spacial score (nSPS) is 9.89. The Morgan fingerprint density at radius 2 is 2.16 bits per heavy atom. The summed E-state index contributed by atoms with van der Waals surface area (Å²) in [7, 11) is 0. The van der Waals surface area contributed by atoms with E-state index in [1.165, 1.54) is 10.9 Å². The SMILES string of the molecule is CCOC(=O)c1ccc(-n2ncc(C#N)c2N)cc1. The van der Waals surface area contributed by atoms with Crippen molar-refractivity contribution in [1.82, 2.24) is 9.78 Å². The van der Waals surface area contributed by atoms with Crippen molar-refractivity contribution in [3.63, 3.8) is 0 Å². The van der Waals surface area contributed by atoms with E-state index in [9.17, 15) is 4.79 Å². The molecule has 1 aromatic carbocycles. The molecule has 6 nitrogen and oxygen atoms in total. The molecule has 0 radical (unpaired) electrons. The third-order valence-corrected chi connectivity index (χ3v) is 2.55. The van der Waals surface area contributed by atoms with Crippen molar-refractivity contribution in [3.05, 3.63) is 41.6 Å². The Hall–Kier alpha value is -2.81. The van der Waals surface area contributed by atoms with E-state index >= 15 is 0 Å². The molecule has 2 aromatic rings. The molecule has 0 spiro atoms. The van der Waals surface area contributed by atoms with Gasteiger partial charge in [-0.25, -0.2) is 9.48 Å². The van der Waals surface area contributed by atoms with Crippen LogP contribution in [0.25, 0.3) is 5.69 Å². The molecule has 6 heteroatoms. The van der Waals surface area contributed by atoms with Crippen molar-refractivity contribution < 1.29 is 9.53 Å². The fourth-order valence-corrected chi connectivity index (χ4v) is 1.60. The predicted molar refractivity (Wildman–Crippen MR) is 68.6 cm³/mol. The average Bonchev–Trinajstić information content (AvgIpc) is 2.80. The number of carbonyl (C=O) groups excluding carboxylic acids is 1. The van der Waals surface area contributed by atoms with Crippen LogP contribution in [0.5, 0.6) is 0 Å². The molecular weight excluding hydrogens is 244 g/mol. The second-order valence-corrected chi connectivity index (χ2v) is 3.73. The number of nitrogens with zero attached hydrogens (tertiary/aromatic N) is 3. The molecule has 19 heavy (non-hydrogen) atoms. The molecule has 0 amide bonds. The smallest absolute Gasteiger partial charge is 0.338 e. The van der Waals surface area contributed by atoms with E-state index in [-0.39, 0.29) is 11.8 Å². The highest BCUT2D eigenvalue weighted by Crippen LogP contribution is 2.17. The lowest BCUT2D eigenvalue weighted by Crippen LogP contribution is -2.06. The molecule has 0 aliphatic rings. The molecule has 0 fully saturated rings. The number of ether oxygens (including phenoxy) is 1. The number of esters is 1. The summed E-state index contributed by atoms with van der Waals surface area (Å²) in [6.07, 6.45) is 1.40. The van der Waals surface area contributed by atoms with Crippen molar-refractivity contribution in [3.8, 4) is 11.8 Å². The predicted octanol–water partition coefficient (Wildman–Crippen LogP) is 1.50. The highest BCUT2D eigenvalue weighted by molar-refractivity contribution is 5.89. The number of benzene rings is 1. The zero-order chi connectivity index (χ0) is 13.8. The number of aromatic nitrogens is 2. The van der Waals surface area contributed by atoms with Gasteiger partial charge in [0.2, 0.25) is 0 Å². The minimum atomic E-state index is -0.375. The summed E-state index contributed by atoms with van der Waals surface area (Å²) in [5.41, 5.74) is 7.22. The first kappa shape index (κ1) is 12.6. The Morgan fingerprint density at radius 1 is 1.47 bits per heavy atom. The van der Waals surface area contributed by atoms with E-state index in [0.29, 0.717) is 23.4 Å². The van der Waals surface area contributed by atoms with E-state index in [4.69, 9.17) is 15.7 Å². The Bertz CT molecular complexity index is 638. The zero-order valence-corrected chi connectivity index (χ0v) is 10.3. The number of hydrogen-bond donors (Lipinski definition) is 1. The molecule has 0 saturated heterocycles. The molecule has 0 bridgehead atoms. The van der Waals surface area contributed by atoms with Crippen LogP contribution in [0.2, 0.25) is 0 Å². The summed E-state index contributed by atoms with van der Waals surface area (Å²) in [6.45, 7) is 2.08. The number of carbonyl (C=O) groups is 1. The van der Waals surface area contributed by atoms with Crippen LogP contribution in [0, 0.1) is 11.3 Å². The molecule has 1 aromatic heterocycles. The molecule has 0 aliphatic heterocycles. The molecule has 0 aliphatic carbocycles. The summed E-state index contributed by atoms with van der Waals surface area (Å²) in [4.78, 5) is 11.5. The van der Waals surface area contributed by atoms with Crippen LogP contribution in [0.15, 0.2) is 30.5 Å². The largest absolute Gasteiger partial charge is 0.462 e. The zero-order valence-electron chi connectivity index (χ0n) is 10.3. The van der Waals surface area contributed by atoms with Crippen LogP contribution >= 0.6 is 0 Å².